The van der Waals surface area contributed by atoms with Crippen molar-refractivity contribution in [1.82, 2.24) is 4.98 Å². The number of nitrogens with one attached hydrogen (secondary N) is 1. The van der Waals surface area contributed by atoms with Crippen molar-refractivity contribution in [3.8, 4) is 0 Å². The van der Waals surface area contributed by atoms with Crippen molar-refractivity contribution in [2.45, 2.75) is 25.6 Å². The summed E-state index contributed by atoms with van der Waals surface area (Å²) >= 11 is 0. The lowest BCUT2D eigenvalue weighted by molar-refractivity contribution is -0.144. The number of aromatic nitrogens is 1. The summed E-state index contributed by atoms with van der Waals surface area (Å²) in [6, 6.07) is 6.52. The van der Waals surface area contributed by atoms with Gasteiger partial charge in [-0.05, 0) is 24.6 Å². The predicted octanol–water partition coefficient (Wildman–Crippen LogP) is 3.40. The van der Waals surface area contributed by atoms with Gasteiger partial charge in [0.2, 0.25) is 0 Å². The van der Waals surface area contributed by atoms with Gasteiger partial charge in [0.05, 0.1) is 13.2 Å². The first-order valence-corrected chi connectivity index (χ1v) is 6.81. The summed E-state index contributed by atoms with van der Waals surface area (Å²) in [4.78, 5) is 3.35. The maximum absolute atomic E-state index is 5.78. The van der Waals surface area contributed by atoms with Crippen LogP contribution in [0, 0.1) is 6.92 Å². The summed E-state index contributed by atoms with van der Waals surface area (Å²) in [6.07, 6.45) is 6.08. The van der Waals surface area contributed by atoms with Gasteiger partial charge in [-0.2, -0.15) is 0 Å². The van der Waals surface area contributed by atoms with Crippen LogP contribution < -0.4 is 0 Å². The van der Waals surface area contributed by atoms with Crippen LogP contribution in [0.4, 0.5) is 0 Å². The first kappa shape index (κ1) is 11.3. The minimum Gasteiger partial charge on any atom is -0.361 e. The molecule has 4 rings (SSSR count). The van der Waals surface area contributed by atoms with Crippen LogP contribution in [0.1, 0.15) is 24.0 Å². The van der Waals surface area contributed by atoms with Crippen molar-refractivity contribution in [3.63, 3.8) is 0 Å². The van der Waals surface area contributed by atoms with Crippen LogP contribution in [0.15, 0.2) is 30.5 Å². The van der Waals surface area contributed by atoms with Crippen LogP contribution >= 0.6 is 0 Å². The maximum Gasteiger partial charge on any atom is 0.175 e. The molecule has 1 fully saturated rings. The highest BCUT2D eigenvalue weighted by Crippen LogP contribution is 2.42. The zero-order valence-corrected chi connectivity index (χ0v) is 11.0. The molecule has 3 heteroatoms. The Morgan fingerprint density at radius 3 is 2.89 bits per heavy atom. The number of rotatable bonds is 1. The fourth-order valence-corrected chi connectivity index (χ4v) is 3.14. The second kappa shape index (κ2) is 3.95. The molecule has 2 aromatic rings. The van der Waals surface area contributed by atoms with E-state index in [1.807, 2.05) is 0 Å². The lowest BCUT2D eigenvalue weighted by Crippen LogP contribution is -2.26. The molecule has 1 aliphatic heterocycles. The van der Waals surface area contributed by atoms with Crippen LogP contribution in [0.25, 0.3) is 16.5 Å². The predicted molar refractivity (Wildman–Crippen MR) is 74.9 cm³/mol. The molecule has 3 nitrogen and oxygen atoms in total. The number of aryl methyl sites for hydroxylation is 1. The Morgan fingerprint density at radius 1 is 1.21 bits per heavy atom. The van der Waals surface area contributed by atoms with E-state index >= 15 is 0 Å². The van der Waals surface area contributed by atoms with E-state index in [1.165, 1.54) is 27.6 Å². The van der Waals surface area contributed by atoms with Gasteiger partial charge in [-0.1, -0.05) is 17.7 Å². The molecule has 1 aliphatic carbocycles. The van der Waals surface area contributed by atoms with Crippen molar-refractivity contribution < 1.29 is 9.47 Å². The molecule has 0 atom stereocenters. The standard InChI is InChI=1S/C16H17NO2/c1-11-2-3-15-13(8-11)14(10-17-15)12-4-5-16(9-12)18-6-7-19-16/h2-4,8,10,17H,5-7,9H2,1H3. The van der Waals surface area contributed by atoms with Gasteiger partial charge in [-0.25, -0.2) is 0 Å². The van der Waals surface area contributed by atoms with E-state index in [-0.39, 0.29) is 5.79 Å². The van der Waals surface area contributed by atoms with Crippen LogP contribution in [0.3, 0.4) is 0 Å². The van der Waals surface area contributed by atoms with Crippen molar-refractivity contribution in [2.75, 3.05) is 13.2 Å². The molecule has 0 saturated carbocycles. The monoisotopic (exact) mass is 255 g/mol. The van der Waals surface area contributed by atoms with E-state index < -0.39 is 0 Å². The van der Waals surface area contributed by atoms with Crippen LogP contribution in [-0.2, 0) is 9.47 Å². The molecule has 2 aliphatic rings. The maximum atomic E-state index is 5.78. The van der Waals surface area contributed by atoms with Gasteiger partial charge in [0, 0.05) is 35.5 Å². The summed E-state index contributed by atoms with van der Waals surface area (Å²) in [5.74, 6) is -0.372. The van der Waals surface area contributed by atoms with Crippen molar-refractivity contribution in [2.24, 2.45) is 0 Å². The molecule has 1 saturated heterocycles. The van der Waals surface area contributed by atoms with Gasteiger partial charge >= 0.3 is 0 Å². The fourth-order valence-electron chi connectivity index (χ4n) is 3.14. The zero-order chi connectivity index (χ0) is 12.9. The first-order chi connectivity index (χ1) is 9.26. The first-order valence-electron chi connectivity index (χ1n) is 6.81. The Kier molecular flexibility index (Phi) is 2.34. The Hall–Kier alpha value is -1.58. The molecule has 0 amide bonds. The lowest BCUT2D eigenvalue weighted by atomic mass is 10.0. The molecule has 2 heterocycles. The van der Waals surface area contributed by atoms with Gasteiger partial charge in [0.1, 0.15) is 0 Å². The van der Waals surface area contributed by atoms with Gasteiger partial charge in [-0.15, -0.1) is 0 Å². The summed E-state index contributed by atoms with van der Waals surface area (Å²) in [6.45, 7) is 3.56. The normalized spacial score (nSPS) is 21.4. The Balaban J connectivity index is 1.73. The van der Waals surface area contributed by atoms with Crippen molar-refractivity contribution in [1.29, 1.82) is 0 Å². The van der Waals surface area contributed by atoms with E-state index in [4.69, 9.17) is 9.47 Å². The molecule has 1 spiro atoms. The third kappa shape index (κ3) is 1.73. The quantitative estimate of drug-likeness (QED) is 0.847. The Bertz CT molecular complexity index is 662. The van der Waals surface area contributed by atoms with E-state index in [2.05, 4.69) is 42.4 Å². The van der Waals surface area contributed by atoms with Gasteiger partial charge in [0.25, 0.3) is 0 Å². The minimum atomic E-state index is -0.372. The van der Waals surface area contributed by atoms with E-state index in [9.17, 15) is 0 Å². The Morgan fingerprint density at radius 2 is 2.05 bits per heavy atom. The molecule has 98 valence electrons. The topological polar surface area (TPSA) is 34.2 Å². The van der Waals surface area contributed by atoms with Gasteiger partial charge in [0.15, 0.2) is 5.79 Å². The zero-order valence-electron chi connectivity index (χ0n) is 11.0. The van der Waals surface area contributed by atoms with Crippen LogP contribution in [0.2, 0.25) is 0 Å². The third-order valence-electron chi connectivity index (χ3n) is 4.12. The number of aromatic amines is 1. The highest BCUT2D eigenvalue weighted by atomic mass is 16.7. The van der Waals surface area contributed by atoms with Gasteiger partial charge < -0.3 is 14.5 Å². The summed E-state index contributed by atoms with van der Waals surface area (Å²) in [5.41, 5.74) is 5.10. The molecule has 1 aromatic heterocycles. The summed E-state index contributed by atoms with van der Waals surface area (Å²) in [5, 5.41) is 1.29. The molecule has 0 unspecified atom stereocenters. The van der Waals surface area contributed by atoms with Crippen molar-refractivity contribution >= 4 is 16.5 Å². The van der Waals surface area contributed by atoms with Gasteiger partial charge in [-0.3, -0.25) is 0 Å². The number of benzene rings is 1. The molecule has 19 heavy (non-hydrogen) atoms. The Labute approximate surface area is 112 Å². The number of hydrogen-bond acceptors (Lipinski definition) is 2. The van der Waals surface area contributed by atoms with E-state index in [0.717, 1.165) is 12.8 Å². The second-order valence-corrected chi connectivity index (χ2v) is 5.47. The number of ether oxygens (including phenoxy) is 2. The van der Waals surface area contributed by atoms with E-state index in [1.54, 1.807) is 0 Å². The average Bonchev–Trinajstić information content (AvgIpc) is 3.11. The van der Waals surface area contributed by atoms with Crippen molar-refractivity contribution in [3.05, 3.63) is 41.6 Å². The average molecular weight is 255 g/mol. The fraction of sp³-hybridized carbons (Fsp3) is 0.375. The third-order valence-corrected chi connectivity index (χ3v) is 4.12. The molecule has 0 bridgehead atoms. The number of fused-ring (bicyclic) bond motifs is 1. The molecule has 0 radical (unpaired) electrons. The SMILES string of the molecule is Cc1ccc2[nH]cc(C3=CCC4(C3)OCCO4)c2c1. The molecule has 1 aromatic carbocycles. The van der Waals surface area contributed by atoms with E-state index in [0.29, 0.717) is 13.2 Å². The highest BCUT2D eigenvalue weighted by molar-refractivity contribution is 5.93. The largest absolute Gasteiger partial charge is 0.361 e. The summed E-state index contributed by atoms with van der Waals surface area (Å²) in [7, 11) is 0. The van der Waals surface area contributed by atoms with Crippen LogP contribution in [-0.4, -0.2) is 24.0 Å². The molecular formula is C16H17NO2. The number of hydrogen-bond donors (Lipinski definition) is 1. The highest BCUT2D eigenvalue weighted by Gasteiger charge is 2.40. The second-order valence-electron chi connectivity index (χ2n) is 5.47. The molecule has 1 N–H and O–H groups in total. The summed E-state index contributed by atoms with van der Waals surface area (Å²) < 4.78 is 11.6. The number of H-pyrrole nitrogens is 1. The lowest BCUT2D eigenvalue weighted by Gasteiger charge is -2.21. The minimum absolute atomic E-state index is 0.372. The van der Waals surface area contributed by atoms with Crippen LogP contribution in [0.5, 0.6) is 0 Å². The smallest absolute Gasteiger partial charge is 0.175 e. The molecular weight excluding hydrogens is 238 g/mol.